The van der Waals surface area contributed by atoms with Crippen LogP contribution in [-0.4, -0.2) is 40.6 Å². The van der Waals surface area contributed by atoms with Crippen molar-refractivity contribution >= 4 is 5.91 Å². The predicted octanol–water partition coefficient (Wildman–Crippen LogP) is 1.07. The molecule has 0 aromatic carbocycles. The number of rotatable bonds is 6. The highest BCUT2D eigenvalue weighted by atomic mass is 16.5. The summed E-state index contributed by atoms with van der Waals surface area (Å²) >= 11 is 0. The fourth-order valence-electron chi connectivity index (χ4n) is 1.66. The molecule has 0 aliphatic heterocycles. The Morgan fingerprint density at radius 1 is 1.55 bits per heavy atom. The van der Waals surface area contributed by atoms with Crippen molar-refractivity contribution in [2.24, 2.45) is 5.73 Å². The smallest absolute Gasteiger partial charge is 0.227 e. The van der Waals surface area contributed by atoms with Crippen molar-refractivity contribution in [1.82, 2.24) is 15.0 Å². The molecule has 7 nitrogen and oxygen atoms in total. The molecule has 20 heavy (non-hydrogen) atoms. The Morgan fingerprint density at radius 3 is 3.00 bits per heavy atom. The van der Waals surface area contributed by atoms with E-state index in [1.165, 1.54) is 12.5 Å². The van der Waals surface area contributed by atoms with Gasteiger partial charge in [-0.05, 0) is 13.0 Å². The van der Waals surface area contributed by atoms with Crippen molar-refractivity contribution < 1.29 is 13.7 Å². The number of nitrogens with zero attached hydrogens (tertiary/aromatic N) is 3. The van der Waals surface area contributed by atoms with Crippen LogP contribution in [0, 0.1) is 0 Å². The maximum absolute atomic E-state index is 11.9. The van der Waals surface area contributed by atoms with E-state index in [9.17, 15) is 4.79 Å². The molecule has 7 heteroatoms. The van der Waals surface area contributed by atoms with Crippen LogP contribution in [0.5, 0.6) is 0 Å². The molecule has 0 aliphatic carbocycles. The van der Waals surface area contributed by atoms with Crippen LogP contribution in [0.3, 0.4) is 0 Å². The highest BCUT2D eigenvalue weighted by molar-refractivity contribution is 5.76. The molecule has 1 amide bonds. The molecule has 0 radical (unpaired) electrons. The first-order valence-corrected chi connectivity index (χ1v) is 6.42. The molecular weight excluding hydrogens is 260 g/mol. The van der Waals surface area contributed by atoms with E-state index < -0.39 is 0 Å². The summed E-state index contributed by atoms with van der Waals surface area (Å²) in [6.07, 6.45) is 3.80. The quantitative estimate of drug-likeness (QED) is 0.848. The first kappa shape index (κ1) is 14.3. The summed E-state index contributed by atoms with van der Waals surface area (Å²) in [5, 5.41) is 3.84. The maximum atomic E-state index is 11.9. The van der Waals surface area contributed by atoms with E-state index in [-0.39, 0.29) is 11.9 Å². The monoisotopic (exact) mass is 278 g/mol. The highest BCUT2D eigenvalue weighted by Crippen LogP contribution is 2.16. The van der Waals surface area contributed by atoms with Crippen LogP contribution in [0.2, 0.25) is 0 Å². The average molecular weight is 278 g/mol. The summed E-state index contributed by atoms with van der Waals surface area (Å²) in [4.78, 5) is 17.8. The second-order valence-electron chi connectivity index (χ2n) is 4.61. The minimum atomic E-state index is 0.00557. The van der Waals surface area contributed by atoms with Crippen molar-refractivity contribution in [1.29, 1.82) is 0 Å². The lowest BCUT2D eigenvalue weighted by molar-refractivity contribution is -0.131. The fourth-order valence-corrected chi connectivity index (χ4v) is 1.66. The topological polar surface area (TPSA) is 98.4 Å². The standard InChI is InChI=1S/C13H18N4O3/c1-9(7-14)17(2)12(18)4-3-11-15-13(16-20-11)10-5-6-19-8-10/h5-6,8-9H,3-4,7,14H2,1-2H3. The van der Waals surface area contributed by atoms with Gasteiger partial charge < -0.3 is 19.6 Å². The van der Waals surface area contributed by atoms with Gasteiger partial charge in [0, 0.05) is 32.5 Å². The first-order valence-electron chi connectivity index (χ1n) is 6.42. The molecule has 108 valence electrons. The fraction of sp³-hybridized carbons (Fsp3) is 0.462. The van der Waals surface area contributed by atoms with Crippen LogP contribution in [0.25, 0.3) is 11.4 Å². The molecule has 2 heterocycles. The number of carbonyl (C=O) groups is 1. The van der Waals surface area contributed by atoms with Crippen molar-refractivity contribution in [3.63, 3.8) is 0 Å². The van der Waals surface area contributed by atoms with E-state index in [4.69, 9.17) is 14.7 Å². The zero-order valence-corrected chi connectivity index (χ0v) is 11.6. The number of furan rings is 1. The Morgan fingerprint density at radius 2 is 2.35 bits per heavy atom. The van der Waals surface area contributed by atoms with E-state index >= 15 is 0 Å². The number of amides is 1. The van der Waals surface area contributed by atoms with Crippen molar-refractivity contribution in [3.8, 4) is 11.4 Å². The third kappa shape index (κ3) is 3.24. The zero-order valence-electron chi connectivity index (χ0n) is 11.6. The zero-order chi connectivity index (χ0) is 14.5. The largest absolute Gasteiger partial charge is 0.472 e. The summed E-state index contributed by atoms with van der Waals surface area (Å²) in [7, 11) is 1.74. The van der Waals surface area contributed by atoms with Gasteiger partial charge in [-0.3, -0.25) is 4.79 Å². The second kappa shape index (κ2) is 6.33. The van der Waals surface area contributed by atoms with Gasteiger partial charge in [0.15, 0.2) is 0 Å². The highest BCUT2D eigenvalue weighted by Gasteiger charge is 2.16. The molecule has 2 rings (SSSR count). The number of hydrogen-bond acceptors (Lipinski definition) is 6. The van der Waals surface area contributed by atoms with Crippen molar-refractivity contribution in [3.05, 3.63) is 24.5 Å². The summed E-state index contributed by atoms with van der Waals surface area (Å²) in [5.74, 6) is 0.902. The molecule has 0 bridgehead atoms. The number of carbonyl (C=O) groups excluding carboxylic acids is 1. The molecular formula is C13H18N4O3. The number of aryl methyl sites for hydroxylation is 1. The van der Waals surface area contributed by atoms with Crippen LogP contribution in [0.15, 0.2) is 27.5 Å². The second-order valence-corrected chi connectivity index (χ2v) is 4.61. The number of aromatic nitrogens is 2. The van der Waals surface area contributed by atoms with Gasteiger partial charge in [-0.2, -0.15) is 4.98 Å². The van der Waals surface area contributed by atoms with Crippen LogP contribution in [-0.2, 0) is 11.2 Å². The van der Waals surface area contributed by atoms with E-state index in [2.05, 4.69) is 10.1 Å². The molecule has 1 atom stereocenters. The first-order chi connectivity index (χ1) is 9.61. The van der Waals surface area contributed by atoms with Gasteiger partial charge in [-0.25, -0.2) is 0 Å². The lowest BCUT2D eigenvalue weighted by atomic mass is 10.2. The van der Waals surface area contributed by atoms with Gasteiger partial charge in [0.2, 0.25) is 17.6 Å². The van der Waals surface area contributed by atoms with Gasteiger partial charge in [-0.15, -0.1) is 0 Å². The molecule has 2 N–H and O–H groups in total. The molecule has 0 fully saturated rings. The Hall–Kier alpha value is -2.15. The van der Waals surface area contributed by atoms with E-state index in [0.717, 1.165) is 5.56 Å². The van der Waals surface area contributed by atoms with Gasteiger partial charge in [0.05, 0.1) is 11.8 Å². The molecule has 0 saturated carbocycles. The SMILES string of the molecule is CC(CN)N(C)C(=O)CCc1nc(-c2ccoc2)no1. The summed E-state index contributed by atoms with van der Waals surface area (Å²) in [5.41, 5.74) is 6.28. The number of likely N-dealkylation sites (N-methyl/N-ethyl adjacent to an activating group) is 1. The Balaban J connectivity index is 1.90. The lowest BCUT2D eigenvalue weighted by Gasteiger charge is -2.23. The Kier molecular flexibility index (Phi) is 4.52. The number of hydrogen-bond donors (Lipinski definition) is 1. The lowest BCUT2D eigenvalue weighted by Crippen LogP contribution is -2.39. The van der Waals surface area contributed by atoms with Gasteiger partial charge in [0.25, 0.3) is 0 Å². The van der Waals surface area contributed by atoms with Crippen molar-refractivity contribution in [2.75, 3.05) is 13.6 Å². The van der Waals surface area contributed by atoms with E-state index in [1.807, 2.05) is 6.92 Å². The normalized spacial score (nSPS) is 12.3. The Bertz CT molecular complexity index is 550. The molecule has 1 unspecified atom stereocenters. The molecule has 2 aromatic rings. The van der Waals surface area contributed by atoms with Crippen molar-refractivity contribution in [2.45, 2.75) is 25.8 Å². The Labute approximate surface area is 116 Å². The van der Waals surface area contributed by atoms with Gasteiger partial charge >= 0.3 is 0 Å². The maximum Gasteiger partial charge on any atom is 0.227 e. The molecule has 0 saturated heterocycles. The van der Waals surface area contributed by atoms with Crippen LogP contribution in [0.1, 0.15) is 19.2 Å². The molecule has 0 spiro atoms. The van der Waals surface area contributed by atoms with Crippen LogP contribution < -0.4 is 5.73 Å². The third-order valence-corrected chi connectivity index (χ3v) is 3.20. The van der Waals surface area contributed by atoms with Crippen LogP contribution in [0.4, 0.5) is 0 Å². The minimum absolute atomic E-state index is 0.00557. The van der Waals surface area contributed by atoms with Crippen LogP contribution >= 0.6 is 0 Å². The van der Waals surface area contributed by atoms with E-state index in [1.54, 1.807) is 18.0 Å². The van der Waals surface area contributed by atoms with Gasteiger partial charge in [0.1, 0.15) is 6.26 Å². The predicted molar refractivity (Wildman–Crippen MR) is 71.6 cm³/mol. The number of nitrogens with two attached hydrogens (primary N) is 1. The molecule has 0 aliphatic rings. The molecule has 2 aromatic heterocycles. The average Bonchev–Trinajstić information content (AvgIpc) is 3.13. The summed E-state index contributed by atoms with van der Waals surface area (Å²) < 4.78 is 10.1. The third-order valence-electron chi connectivity index (χ3n) is 3.20. The minimum Gasteiger partial charge on any atom is -0.472 e. The summed E-state index contributed by atoms with van der Waals surface area (Å²) in [6, 6.07) is 1.77. The van der Waals surface area contributed by atoms with E-state index in [0.29, 0.717) is 31.1 Å². The summed E-state index contributed by atoms with van der Waals surface area (Å²) in [6.45, 7) is 2.34. The van der Waals surface area contributed by atoms with Gasteiger partial charge in [-0.1, -0.05) is 5.16 Å².